The fraction of sp³-hybridized carbons (Fsp3) is 0.364. The molecule has 0 radical (unpaired) electrons. The Balaban J connectivity index is 0.00000169. The van der Waals surface area contributed by atoms with Gasteiger partial charge in [0.15, 0.2) is 0 Å². The molecule has 0 heterocycles. The van der Waals surface area contributed by atoms with Crippen molar-refractivity contribution in [2.24, 2.45) is 5.73 Å². The summed E-state index contributed by atoms with van der Waals surface area (Å²) >= 11 is 0. The van der Waals surface area contributed by atoms with Gasteiger partial charge in [0.25, 0.3) is 0 Å². The zero-order valence-corrected chi connectivity index (χ0v) is 9.27. The first-order valence-electron chi connectivity index (χ1n) is 4.42. The Hall–Kier alpha value is -1.04. The maximum absolute atomic E-state index is 8.85. The van der Waals surface area contributed by atoms with Crippen LogP contribution in [0, 0.1) is 11.3 Å². The Kier molecular flexibility index (Phi) is 5.22. The number of nitrogens with two attached hydrogens (primary N) is 1. The van der Waals surface area contributed by atoms with E-state index in [1.807, 2.05) is 18.2 Å². The van der Waals surface area contributed by atoms with E-state index in [9.17, 15) is 0 Å². The molecule has 0 aliphatic rings. The van der Waals surface area contributed by atoms with Gasteiger partial charge in [0.05, 0.1) is 11.6 Å². The molecule has 0 aromatic heterocycles. The Bertz CT molecular complexity index is 340. The van der Waals surface area contributed by atoms with Crippen molar-refractivity contribution < 1.29 is 0 Å². The van der Waals surface area contributed by atoms with E-state index in [0.717, 1.165) is 16.7 Å². The lowest BCUT2D eigenvalue weighted by atomic mass is 9.96. The highest BCUT2D eigenvalue weighted by atomic mass is 35.5. The third-order valence-corrected chi connectivity index (χ3v) is 2.09. The van der Waals surface area contributed by atoms with Gasteiger partial charge in [-0.1, -0.05) is 26.0 Å². The first kappa shape index (κ1) is 13.0. The molecule has 1 aromatic rings. The van der Waals surface area contributed by atoms with Crippen LogP contribution < -0.4 is 5.73 Å². The van der Waals surface area contributed by atoms with Crippen molar-refractivity contribution >= 4 is 12.4 Å². The Morgan fingerprint density at radius 1 is 1.43 bits per heavy atom. The van der Waals surface area contributed by atoms with E-state index in [0.29, 0.717) is 12.5 Å². The van der Waals surface area contributed by atoms with E-state index < -0.39 is 0 Å². The molecule has 0 aliphatic heterocycles. The van der Waals surface area contributed by atoms with Crippen LogP contribution in [0.3, 0.4) is 0 Å². The van der Waals surface area contributed by atoms with E-state index in [1.165, 1.54) is 0 Å². The molecule has 0 amide bonds. The quantitative estimate of drug-likeness (QED) is 0.816. The largest absolute Gasteiger partial charge is 0.326 e. The highest BCUT2D eigenvalue weighted by molar-refractivity contribution is 5.85. The zero-order chi connectivity index (χ0) is 9.84. The van der Waals surface area contributed by atoms with Gasteiger partial charge in [-0.2, -0.15) is 5.26 Å². The van der Waals surface area contributed by atoms with Gasteiger partial charge in [-0.25, -0.2) is 0 Å². The topological polar surface area (TPSA) is 49.8 Å². The van der Waals surface area contributed by atoms with Crippen molar-refractivity contribution in [3.05, 3.63) is 34.9 Å². The van der Waals surface area contributed by atoms with Gasteiger partial charge in [-0.3, -0.25) is 0 Å². The van der Waals surface area contributed by atoms with Crippen molar-refractivity contribution in [2.75, 3.05) is 0 Å². The number of rotatable bonds is 2. The second kappa shape index (κ2) is 5.64. The van der Waals surface area contributed by atoms with E-state index in [2.05, 4.69) is 19.9 Å². The lowest BCUT2D eigenvalue weighted by molar-refractivity contribution is 0.857. The lowest BCUT2D eigenvalue weighted by Crippen LogP contribution is -2.00. The Morgan fingerprint density at radius 3 is 2.50 bits per heavy atom. The molecule has 0 saturated heterocycles. The molecule has 0 fully saturated rings. The van der Waals surface area contributed by atoms with Crippen LogP contribution in [0.25, 0.3) is 0 Å². The summed E-state index contributed by atoms with van der Waals surface area (Å²) in [5, 5.41) is 8.85. The van der Waals surface area contributed by atoms with Crippen molar-refractivity contribution in [1.29, 1.82) is 5.26 Å². The first-order chi connectivity index (χ1) is 6.19. The smallest absolute Gasteiger partial charge is 0.0994 e. The summed E-state index contributed by atoms with van der Waals surface area (Å²) in [6, 6.07) is 7.96. The molecule has 0 aliphatic carbocycles. The monoisotopic (exact) mass is 210 g/mol. The molecule has 1 aromatic carbocycles. The summed E-state index contributed by atoms with van der Waals surface area (Å²) in [5.74, 6) is 0.376. The maximum Gasteiger partial charge on any atom is 0.0994 e. The van der Waals surface area contributed by atoms with Crippen molar-refractivity contribution in [3.63, 3.8) is 0 Å². The minimum absolute atomic E-state index is 0. The van der Waals surface area contributed by atoms with Crippen molar-refractivity contribution in [1.82, 2.24) is 0 Å². The molecule has 2 N–H and O–H groups in total. The first-order valence-corrected chi connectivity index (χ1v) is 4.42. The van der Waals surface area contributed by atoms with E-state index in [-0.39, 0.29) is 12.4 Å². The minimum atomic E-state index is 0. The molecule has 0 unspecified atom stereocenters. The van der Waals surface area contributed by atoms with Crippen LogP contribution in [0.15, 0.2) is 18.2 Å². The lowest BCUT2D eigenvalue weighted by Gasteiger charge is -2.09. The van der Waals surface area contributed by atoms with Gasteiger partial charge in [0, 0.05) is 6.54 Å². The SMILES string of the molecule is CC(C)c1cc(CN)ccc1C#N.Cl. The Labute approximate surface area is 91.1 Å². The predicted octanol–water partition coefficient (Wildman–Crippen LogP) is 2.56. The van der Waals surface area contributed by atoms with Gasteiger partial charge in [-0.15, -0.1) is 12.4 Å². The summed E-state index contributed by atoms with van der Waals surface area (Å²) in [5.41, 5.74) is 8.46. The van der Waals surface area contributed by atoms with Crippen LogP contribution in [0.5, 0.6) is 0 Å². The van der Waals surface area contributed by atoms with Crippen molar-refractivity contribution in [3.8, 4) is 6.07 Å². The van der Waals surface area contributed by atoms with E-state index >= 15 is 0 Å². The molecular formula is C11H15ClN2. The second-order valence-corrected chi connectivity index (χ2v) is 3.39. The average molecular weight is 211 g/mol. The van der Waals surface area contributed by atoms with E-state index in [1.54, 1.807) is 0 Å². The van der Waals surface area contributed by atoms with Crippen LogP contribution in [0.1, 0.15) is 36.5 Å². The molecule has 0 atom stereocenters. The molecule has 2 nitrogen and oxygen atoms in total. The third-order valence-electron chi connectivity index (χ3n) is 2.09. The summed E-state index contributed by atoms with van der Waals surface area (Å²) in [7, 11) is 0. The fourth-order valence-corrected chi connectivity index (χ4v) is 1.32. The number of halogens is 1. The molecule has 76 valence electrons. The second-order valence-electron chi connectivity index (χ2n) is 3.39. The normalized spacial score (nSPS) is 9.36. The van der Waals surface area contributed by atoms with Gasteiger partial charge < -0.3 is 5.73 Å². The Morgan fingerprint density at radius 2 is 2.07 bits per heavy atom. The average Bonchev–Trinajstić information content (AvgIpc) is 2.16. The molecule has 1 rings (SSSR count). The van der Waals surface area contributed by atoms with Crippen LogP contribution in [0.4, 0.5) is 0 Å². The predicted molar refractivity (Wildman–Crippen MR) is 60.4 cm³/mol. The fourth-order valence-electron chi connectivity index (χ4n) is 1.32. The van der Waals surface area contributed by atoms with Crippen LogP contribution >= 0.6 is 12.4 Å². The van der Waals surface area contributed by atoms with Crippen LogP contribution in [0.2, 0.25) is 0 Å². The number of hydrogen-bond acceptors (Lipinski definition) is 2. The number of hydrogen-bond donors (Lipinski definition) is 1. The number of nitrogens with zero attached hydrogens (tertiary/aromatic N) is 1. The van der Waals surface area contributed by atoms with Crippen LogP contribution in [-0.4, -0.2) is 0 Å². The highest BCUT2D eigenvalue weighted by Crippen LogP contribution is 2.20. The third kappa shape index (κ3) is 2.73. The summed E-state index contributed by atoms with van der Waals surface area (Å²) < 4.78 is 0. The van der Waals surface area contributed by atoms with Crippen molar-refractivity contribution in [2.45, 2.75) is 26.3 Å². The van der Waals surface area contributed by atoms with Gasteiger partial charge >= 0.3 is 0 Å². The summed E-state index contributed by atoms with van der Waals surface area (Å²) in [4.78, 5) is 0. The van der Waals surface area contributed by atoms with Gasteiger partial charge in [0.1, 0.15) is 0 Å². The summed E-state index contributed by atoms with van der Waals surface area (Å²) in [6.45, 7) is 4.69. The van der Waals surface area contributed by atoms with Gasteiger partial charge in [0.2, 0.25) is 0 Å². The zero-order valence-electron chi connectivity index (χ0n) is 8.45. The molecule has 0 bridgehead atoms. The van der Waals surface area contributed by atoms with Crippen LogP contribution in [-0.2, 0) is 6.54 Å². The standard InChI is InChI=1S/C11H14N2.ClH/c1-8(2)11-5-9(6-12)3-4-10(11)7-13;/h3-5,8H,6,12H2,1-2H3;1H. The minimum Gasteiger partial charge on any atom is -0.326 e. The number of benzene rings is 1. The molecule has 0 saturated carbocycles. The van der Waals surface area contributed by atoms with E-state index in [4.69, 9.17) is 11.0 Å². The number of nitriles is 1. The molecule has 3 heteroatoms. The molecule has 14 heavy (non-hydrogen) atoms. The maximum atomic E-state index is 8.85. The summed E-state index contributed by atoms with van der Waals surface area (Å²) in [6.07, 6.45) is 0. The molecular weight excluding hydrogens is 196 g/mol. The highest BCUT2D eigenvalue weighted by Gasteiger charge is 2.06. The molecule has 0 spiro atoms. The van der Waals surface area contributed by atoms with Gasteiger partial charge in [-0.05, 0) is 23.1 Å².